The molecule has 0 rings (SSSR count). The summed E-state index contributed by atoms with van der Waals surface area (Å²) in [5.74, 6) is 0.387. The molecular weight excluding hydrogens is 244 g/mol. The van der Waals surface area contributed by atoms with Gasteiger partial charge in [0.15, 0.2) is 0 Å². The summed E-state index contributed by atoms with van der Waals surface area (Å²) in [6, 6.07) is 0. The predicted molar refractivity (Wildman–Crippen MR) is 82.4 cm³/mol. The average Bonchev–Trinajstić information content (AvgIpc) is 2.39. The van der Waals surface area contributed by atoms with Gasteiger partial charge in [-0.15, -0.1) is 11.6 Å². The minimum Gasteiger partial charge on any atom is -0.392 e. The maximum absolute atomic E-state index is 9.29. The van der Waals surface area contributed by atoms with Crippen LogP contribution in [0.3, 0.4) is 0 Å². The molecule has 0 saturated carbocycles. The van der Waals surface area contributed by atoms with Crippen molar-refractivity contribution >= 4 is 11.6 Å². The highest BCUT2D eigenvalue weighted by Crippen LogP contribution is 2.13. The monoisotopic (exact) mass is 276 g/mol. The molecule has 0 heterocycles. The number of hydrogen-bond acceptors (Lipinski definition) is 1. The lowest BCUT2D eigenvalue weighted by molar-refractivity contribution is 0.183. The fraction of sp³-hybridized carbons (Fsp3) is 1.00. The third kappa shape index (κ3) is 14.3. The lowest BCUT2D eigenvalue weighted by atomic mass is 10.0. The van der Waals surface area contributed by atoms with Crippen LogP contribution in [0.5, 0.6) is 0 Å². The van der Waals surface area contributed by atoms with Crippen molar-refractivity contribution in [2.45, 2.75) is 96.5 Å². The van der Waals surface area contributed by atoms with E-state index in [0.717, 1.165) is 12.8 Å². The zero-order valence-corrected chi connectivity index (χ0v) is 13.1. The number of halogens is 1. The van der Waals surface area contributed by atoms with Crippen molar-refractivity contribution in [2.75, 3.05) is 5.88 Å². The van der Waals surface area contributed by atoms with Crippen LogP contribution in [0.25, 0.3) is 0 Å². The van der Waals surface area contributed by atoms with Crippen molar-refractivity contribution in [3.8, 4) is 0 Å². The summed E-state index contributed by atoms with van der Waals surface area (Å²) in [7, 11) is 0. The summed E-state index contributed by atoms with van der Waals surface area (Å²) in [6.07, 6.45) is 17.0. The molecule has 0 radical (unpaired) electrons. The Bertz CT molecular complexity index is 150. The molecule has 0 aliphatic rings. The first-order valence-electron chi connectivity index (χ1n) is 8.05. The van der Waals surface area contributed by atoms with Crippen LogP contribution in [-0.2, 0) is 0 Å². The number of hydrogen-bond donors (Lipinski definition) is 1. The van der Waals surface area contributed by atoms with E-state index < -0.39 is 0 Å². The van der Waals surface area contributed by atoms with Gasteiger partial charge in [-0.25, -0.2) is 0 Å². The van der Waals surface area contributed by atoms with Gasteiger partial charge in [0.25, 0.3) is 0 Å². The Morgan fingerprint density at radius 1 is 0.722 bits per heavy atom. The Kier molecular flexibility index (Phi) is 15.5. The molecule has 18 heavy (non-hydrogen) atoms. The normalized spacial score (nSPS) is 12.8. The van der Waals surface area contributed by atoms with Crippen LogP contribution in [0.2, 0.25) is 0 Å². The summed E-state index contributed by atoms with van der Waals surface area (Å²) >= 11 is 5.54. The summed E-state index contributed by atoms with van der Waals surface area (Å²) in [5.41, 5.74) is 0. The summed E-state index contributed by atoms with van der Waals surface area (Å²) < 4.78 is 0. The molecule has 0 bridgehead atoms. The fourth-order valence-corrected chi connectivity index (χ4v) is 2.45. The highest BCUT2D eigenvalue weighted by Gasteiger charge is 2.00. The highest BCUT2D eigenvalue weighted by molar-refractivity contribution is 6.18. The van der Waals surface area contributed by atoms with Gasteiger partial charge in [-0.05, 0) is 6.42 Å². The molecule has 0 aliphatic carbocycles. The highest BCUT2D eigenvalue weighted by atomic mass is 35.5. The number of rotatable bonds is 14. The molecule has 1 unspecified atom stereocenters. The van der Waals surface area contributed by atoms with Gasteiger partial charge in [-0.1, -0.05) is 84.0 Å². The largest absolute Gasteiger partial charge is 0.392 e. The van der Waals surface area contributed by atoms with E-state index in [1.807, 2.05) is 0 Å². The van der Waals surface area contributed by atoms with Crippen LogP contribution in [0.1, 0.15) is 90.4 Å². The first-order chi connectivity index (χ1) is 8.81. The summed E-state index contributed by atoms with van der Waals surface area (Å²) in [6.45, 7) is 2.27. The second-order valence-corrected chi connectivity index (χ2v) is 5.79. The zero-order chi connectivity index (χ0) is 13.5. The number of aliphatic hydroxyl groups is 1. The van der Waals surface area contributed by atoms with Crippen LogP contribution in [-0.4, -0.2) is 17.1 Å². The van der Waals surface area contributed by atoms with Crippen LogP contribution in [0.4, 0.5) is 0 Å². The van der Waals surface area contributed by atoms with E-state index in [1.54, 1.807) is 0 Å². The molecule has 1 atom stereocenters. The Morgan fingerprint density at radius 3 is 1.50 bits per heavy atom. The van der Waals surface area contributed by atoms with E-state index >= 15 is 0 Å². The minimum absolute atomic E-state index is 0.283. The second-order valence-electron chi connectivity index (χ2n) is 5.49. The van der Waals surface area contributed by atoms with Crippen molar-refractivity contribution < 1.29 is 5.11 Å². The van der Waals surface area contributed by atoms with E-state index in [-0.39, 0.29) is 6.10 Å². The smallest absolute Gasteiger partial charge is 0.0675 e. The topological polar surface area (TPSA) is 20.2 Å². The van der Waals surface area contributed by atoms with Crippen molar-refractivity contribution in [2.24, 2.45) is 0 Å². The van der Waals surface area contributed by atoms with Crippen molar-refractivity contribution in [3.63, 3.8) is 0 Å². The maximum atomic E-state index is 9.29. The molecule has 1 N–H and O–H groups in total. The lowest BCUT2D eigenvalue weighted by Gasteiger charge is -2.06. The van der Waals surface area contributed by atoms with E-state index in [2.05, 4.69) is 6.92 Å². The maximum Gasteiger partial charge on any atom is 0.0675 e. The van der Waals surface area contributed by atoms with Gasteiger partial charge in [0.05, 0.1) is 6.10 Å². The third-order valence-corrected chi connectivity index (χ3v) is 3.93. The van der Waals surface area contributed by atoms with Crippen LogP contribution < -0.4 is 0 Å². The molecule has 2 heteroatoms. The minimum atomic E-state index is -0.283. The molecule has 0 aliphatic heterocycles. The molecule has 0 spiro atoms. The third-order valence-electron chi connectivity index (χ3n) is 3.57. The lowest BCUT2D eigenvalue weighted by Crippen LogP contribution is -2.07. The quantitative estimate of drug-likeness (QED) is 0.320. The molecule has 110 valence electrons. The van der Waals surface area contributed by atoms with Crippen molar-refractivity contribution in [3.05, 3.63) is 0 Å². The first-order valence-corrected chi connectivity index (χ1v) is 8.58. The van der Waals surface area contributed by atoms with Gasteiger partial charge in [0.1, 0.15) is 0 Å². The van der Waals surface area contributed by atoms with Crippen molar-refractivity contribution in [1.82, 2.24) is 0 Å². The summed E-state index contributed by atoms with van der Waals surface area (Å²) in [5, 5.41) is 9.29. The Balaban J connectivity index is 2.94. The number of unbranched alkanes of at least 4 members (excludes halogenated alkanes) is 11. The predicted octanol–water partition coefficient (Wildman–Crippen LogP) is 5.68. The Morgan fingerprint density at radius 2 is 1.11 bits per heavy atom. The zero-order valence-electron chi connectivity index (χ0n) is 12.3. The molecule has 1 nitrogen and oxygen atoms in total. The number of aliphatic hydroxyl groups excluding tert-OH is 1. The molecular formula is C16H33ClO. The fourth-order valence-electron chi connectivity index (χ4n) is 2.30. The van der Waals surface area contributed by atoms with Crippen molar-refractivity contribution in [1.29, 1.82) is 0 Å². The second kappa shape index (κ2) is 15.3. The van der Waals surface area contributed by atoms with Gasteiger partial charge < -0.3 is 5.11 Å². The molecule has 0 aromatic carbocycles. The molecule has 0 saturated heterocycles. The van der Waals surface area contributed by atoms with Gasteiger partial charge in [-0.2, -0.15) is 0 Å². The van der Waals surface area contributed by atoms with E-state index in [1.165, 1.54) is 70.6 Å². The molecule has 0 fully saturated rings. The van der Waals surface area contributed by atoms with E-state index in [9.17, 15) is 5.11 Å². The van der Waals surface area contributed by atoms with Crippen LogP contribution >= 0.6 is 11.6 Å². The van der Waals surface area contributed by atoms with Gasteiger partial charge in [0.2, 0.25) is 0 Å². The first kappa shape index (κ1) is 18.2. The van der Waals surface area contributed by atoms with Crippen LogP contribution in [0.15, 0.2) is 0 Å². The summed E-state index contributed by atoms with van der Waals surface area (Å²) in [4.78, 5) is 0. The standard InChI is InChI=1S/C16H33ClO/c1-2-3-4-5-6-7-8-9-10-11-12-13-14-16(18)15-17/h16,18H,2-15H2,1H3. The number of alkyl halides is 1. The molecule has 0 aromatic heterocycles. The average molecular weight is 277 g/mol. The van der Waals surface area contributed by atoms with Gasteiger partial charge in [-0.3, -0.25) is 0 Å². The van der Waals surface area contributed by atoms with Gasteiger partial charge in [0, 0.05) is 5.88 Å². The van der Waals surface area contributed by atoms with E-state index in [4.69, 9.17) is 11.6 Å². The molecule has 0 aromatic rings. The van der Waals surface area contributed by atoms with Crippen LogP contribution in [0, 0.1) is 0 Å². The SMILES string of the molecule is CCCCCCCCCCCCCCC(O)CCl. The Hall–Kier alpha value is 0.250. The molecule has 0 amide bonds. The van der Waals surface area contributed by atoms with Gasteiger partial charge >= 0.3 is 0 Å². The van der Waals surface area contributed by atoms with E-state index in [0.29, 0.717) is 5.88 Å². The Labute approximate surface area is 119 Å².